The summed E-state index contributed by atoms with van der Waals surface area (Å²) in [7, 11) is 0. The van der Waals surface area contributed by atoms with Crippen LogP contribution >= 0.6 is 0 Å². The maximum absolute atomic E-state index is 8.12. The molecule has 0 heterocycles. The Kier molecular flexibility index (Phi) is 6.25. The number of ether oxygens (including phenoxy) is 1. The van der Waals surface area contributed by atoms with Crippen LogP contribution in [0.3, 0.4) is 0 Å². The summed E-state index contributed by atoms with van der Waals surface area (Å²) in [6.45, 7) is 11.4. The molecule has 112 valence electrons. The number of rotatable bonds is 6. The Morgan fingerprint density at radius 3 is 2.20 bits per heavy atom. The zero-order valence-electron chi connectivity index (χ0n) is 13.6. The lowest BCUT2D eigenvalue weighted by molar-refractivity contribution is 0.305. The van der Waals surface area contributed by atoms with Crippen molar-refractivity contribution in [2.75, 3.05) is 6.61 Å². The van der Waals surface area contributed by atoms with Crippen LogP contribution in [0, 0.1) is 5.41 Å². The summed E-state index contributed by atoms with van der Waals surface area (Å²) in [4.78, 5) is 0. The van der Waals surface area contributed by atoms with Crippen molar-refractivity contribution in [1.29, 1.82) is 5.41 Å². The molecule has 1 unspecified atom stereocenters. The van der Waals surface area contributed by atoms with Gasteiger partial charge in [0.25, 0.3) is 0 Å². The first kappa shape index (κ1) is 16.7. The third kappa shape index (κ3) is 4.66. The van der Waals surface area contributed by atoms with Gasteiger partial charge in [-0.05, 0) is 29.9 Å². The lowest BCUT2D eigenvalue weighted by Gasteiger charge is -2.22. The lowest BCUT2D eigenvalue weighted by Crippen LogP contribution is -2.16. The van der Waals surface area contributed by atoms with Crippen molar-refractivity contribution >= 4 is 5.90 Å². The largest absolute Gasteiger partial charge is 0.481 e. The number of hydrogen-bond acceptors (Lipinski definition) is 2. The maximum atomic E-state index is 8.12. The van der Waals surface area contributed by atoms with E-state index < -0.39 is 0 Å². The van der Waals surface area contributed by atoms with Gasteiger partial charge in [-0.2, -0.15) is 0 Å². The molecule has 1 N–H and O–H groups in total. The number of unbranched alkanes of at least 4 members (excludes halogenated alkanes) is 1. The SMILES string of the molecule is CCCCC(C(=N)OCC)c1ccc(C(C)(C)C)cc1. The number of nitrogens with one attached hydrogen (secondary N) is 1. The molecule has 0 aromatic heterocycles. The zero-order valence-corrected chi connectivity index (χ0v) is 13.6. The predicted molar refractivity (Wildman–Crippen MR) is 86.8 cm³/mol. The van der Waals surface area contributed by atoms with Crippen LogP contribution in [-0.4, -0.2) is 12.5 Å². The summed E-state index contributed by atoms with van der Waals surface area (Å²) in [6, 6.07) is 8.70. The van der Waals surface area contributed by atoms with Crippen LogP contribution in [0.5, 0.6) is 0 Å². The molecule has 0 amide bonds. The van der Waals surface area contributed by atoms with Crippen molar-refractivity contribution in [2.24, 2.45) is 0 Å². The highest BCUT2D eigenvalue weighted by molar-refractivity contribution is 5.80. The van der Waals surface area contributed by atoms with Crippen LogP contribution < -0.4 is 0 Å². The molecule has 0 aliphatic rings. The van der Waals surface area contributed by atoms with Crippen LogP contribution in [0.4, 0.5) is 0 Å². The second-order valence-corrected chi connectivity index (χ2v) is 6.36. The van der Waals surface area contributed by atoms with Gasteiger partial charge in [-0.25, -0.2) is 0 Å². The quantitative estimate of drug-likeness (QED) is 0.556. The number of hydrogen-bond donors (Lipinski definition) is 1. The first-order chi connectivity index (χ1) is 9.40. The summed E-state index contributed by atoms with van der Waals surface area (Å²) >= 11 is 0. The van der Waals surface area contributed by atoms with Crippen LogP contribution in [0.1, 0.15) is 70.9 Å². The molecule has 1 atom stereocenters. The van der Waals surface area contributed by atoms with Gasteiger partial charge in [0.15, 0.2) is 5.90 Å². The molecule has 1 rings (SSSR count). The van der Waals surface area contributed by atoms with E-state index in [0.29, 0.717) is 12.5 Å². The minimum atomic E-state index is 0.101. The van der Waals surface area contributed by atoms with Gasteiger partial charge in [0.05, 0.1) is 12.5 Å². The normalized spacial score (nSPS) is 13.1. The Balaban J connectivity index is 2.93. The molecule has 0 saturated carbocycles. The standard InChI is InChI=1S/C18H29NO/c1-6-8-9-16(17(19)20-7-2)14-10-12-15(13-11-14)18(3,4)5/h10-13,16,19H,6-9H2,1-5H3. The molecular formula is C18H29NO. The molecule has 0 radical (unpaired) electrons. The highest BCUT2D eigenvalue weighted by Crippen LogP contribution is 2.28. The molecule has 1 aromatic carbocycles. The summed E-state index contributed by atoms with van der Waals surface area (Å²) < 4.78 is 5.44. The molecule has 0 aliphatic heterocycles. The van der Waals surface area contributed by atoms with Crippen LogP contribution in [0.25, 0.3) is 0 Å². The van der Waals surface area contributed by atoms with Crippen LogP contribution in [0.2, 0.25) is 0 Å². The maximum Gasteiger partial charge on any atom is 0.188 e. The monoisotopic (exact) mass is 275 g/mol. The summed E-state index contributed by atoms with van der Waals surface area (Å²) in [5.41, 5.74) is 2.70. The van der Waals surface area contributed by atoms with Crippen LogP contribution in [0.15, 0.2) is 24.3 Å². The van der Waals surface area contributed by atoms with Crippen molar-refractivity contribution in [2.45, 2.75) is 65.2 Å². The van der Waals surface area contributed by atoms with E-state index in [1.165, 1.54) is 11.1 Å². The minimum Gasteiger partial charge on any atom is -0.481 e. The third-order valence-corrected chi connectivity index (χ3v) is 3.64. The topological polar surface area (TPSA) is 33.1 Å². The van der Waals surface area contributed by atoms with Gasteiger partial charge in [0.1, 0.15) is 0 Å². The van der Waals surface area contributed by atoms with Crippen molar-refractivity contribution in [3.63, 3.8) is 0 Å². The molecule has 0 fully saturated rings. The molecule has 0 aliphatic carbocycles. The summed E-state index contributed by atoms with van der Waals surface area (Å²) in [5.74, 6) is 0.508. The van der Waals surface area contributed by atoms with Crippen molar-refractivity contribution < 1.29 is 4.74 Å². The van der Waals surface area contributed by atoms with E-state index in [1.54, 1.807) is 0 Å². The van der Waals surface area contributed by atoms with Crippen molar-refractivity contribution in [3.05, 3.63) is 35.4 Å². The van der Waals surface area contributed by atoms with Gasteiger partial charge in [-0.15, -0.1) is 0 Å². The summed E-state index contributed by atoms with van der Waals surface area (Å²) in [6.07, 6.45) is 3.27. The average Bonchev–Trinajstić information content (AvgIpc) is 2.39. The van der Waals surface area contributed by atoms with E-state index in [-0.39, 0.29) is 11.3 Å². The molecule has 2 heteroatoms. The van der Waals surface area contributed by atoms with Gasteiger partial charge >= 0.3 is 0 Å². The molecule has 0 saturated heterocycles. The fourth-order valence-corrected chi connectivity index (χ4v) is 2.33. The average molecular weight is 275 g/mol. The third-order valence-electron chi connectivity index (χ3n) is 3.64. The van der Waals surface area contributed by atoms with E-state index in [1.807, 2.05) is 6.92 Å². The van der Waals surface area contributed by atoms with Gasteiger partial charge in [0.2, 0.25) is 0 Å². The molecule has 20 heavy (non-hydrogen) atoms. The zero-order chi connectivity index (χ0) is 15.2. The Labute approximate surface area is 124 Å². The van der Waals surface area contributed by atoms with Crippen LogP contribution in [-0.2, 0) is 10.2 Å². The second kappa shape index (κ2) is 7.47. The molecular weight excluding hydrogens is 246 g/mol. The highest BCUT2D eigenvalue weighted by atomic mass is 16.5. The Bertz CT molecular complexity index is 414. The lowest BCUT2D eigenvalue weighted by atomic mass is 9.85. The summed E-state index contributed by atoms with van der Waals surface area (Å²) in [5, 5.41) is 8.12. The van der Waals surface area contributed by atoms with E-state index in [4.69, 9.17) is 10.1 Å². The number of benzene rings is 1. The van der Waals surface area contributed by atoms with Crippen molar-refractivity contribution in [1.82, 2.24) is 0 Å². The van der Waals surface area contributed by atoms with E-state index in [0.717, 1.165) is 19.3 Å². The van der Waals surface area contributed by atoms with E-state index >= 15 is 0 Å². The molecule has 0 bridgehead atoms. The fourth-order valence-electron chi connectivity index (χ4n) is 2.33. The van der Waals surface area contributed by atoms with E-state index in [9.17, 15) is 0 Å². The van der Waals surface area contributed by atoms with Gasteiger partial charge in [-0.3, -0.25) is 5.41 Å². The molecule has 1 aromatic rings. The van der Waals surface area contributed by atoms with Gasteiger partial charge < -0.3 is 4.74 Å². The van der Waals surface area contributed by atoms with E-state index in [2.05, 4.69) is 52.0 Å². The first-order valence-electron chi connectivity index (χ1n) is 7.71. The fraction of sp³-hybridized carbons (Fsp3) is 0.611. The molecule has 2 nitrogen and oxygen atoms in total. The first-order valence-corrected chi connectivity index (χ1v) is 7.71. The minimum absolute atomic E-state index is 0.101. The predicted octanol–water partition coefficient (Wildman–Crippen LogP) is 5.27. The van der Waals surface area contributed by atoms with Crippen molar-refractivity contribution in [3.8, 4) is 0 Å². The Morgan fingerprint density at radius 1 is 1.15 bits per heavy atom. The highest BCUT2D eigenvalue weighted by Gasteiger charge is 2.19. The van der Waals surface area contributed by atoms with Gasteiger partial charge in [0, 0.05) is 0 Å². The Hall–Kier alpha value is -1.31. The second-order valence-electron chi connectivity index (χ2n) is 6.36. The van der Waals surface area contributed by atoms with Gasteiger partial charge in [-0.1, -0.05) is 64.8 Å². The molecule has 0 spiro atoms. The Morgan fingerprint density at radius 2 is 1.75 bits per heavy atom. The smallest absolute Gasteiger partial charge is 0.188 e.